The van der Waals surface area contributed by atoms with E-state index in [9.17, 15) is 13.2 Å². The summed E-state index contributed by atoms with van der Waals surface area (Å²) in [6.07, 6.45) is 2.87. The fraction of sp³-hybridized carbons (Fsp3) is 0.222. The van der Waals surface area contributed by atoms with Crippen LogP contribution in [0.25, 0.3) is 10.2 Å². The van der Waals surface area contributed by atoms with Crippen LogP contribution in [0.5, 0.6) is 0 Å². The number of hydrogen-bond acceptors (Lipinski definition) is 5. The van der Waals surface area contributed by atoms with Crippen molar-refractivity contribution in [1.29, 1.82) is 0 Å². The van der Waals surface area contributed by atoms with Crippen LogP contribution < -0.4 is 4.80 Å². The molecule has 0 bridgehead atoms. The maximum absolute atomic E-state index is 12.6. The Balaban J connectivity index is 2.21. The Bertz CT molecular complexity index is 1190. The highest BCUT2D eigenvalue weighted by atomic mass is 32.2. The second kappa shape index (κ2) is 6.69. The first kappa shape index (κ1) is 18.3. The Labute approximate surface area is 155 Å². The summed E-state index contributed by atoms with van der Waals surface area (Å²) in [7, 11) is -3.31. The summed E-state index contributed by atoms with van der Waals surface area (Å²) in [5.41, 5.74) is 1.22. The molecule has 2 aromatic heterocycles. The Morgan fingerprint density at radius 1 is 1.35 bits per heavy atom. The van der Waals surface area contributed by atoms with E-state index in [1.807, 2.05) is 4.57 Å². The number of sulfone groups is 1. The predicted octanol–water partition coefficient (Wildman–Crippen LogP) is 3.24. The SMILES string of the molecule is C=CCn1c(=NC(=O)c2cc(C)oc2C)sc2cc(S(C)(=O)=O)ccc21. The lowest BCUT2D eigenvalue weighted by atomic mass is 10.2. The van der Waals surface area contributed by atoms with Gasteiger partial charge in [-0.25, -0.2) is 8.42 Å². The van der Waals surface area contributed by atoms with Crippen molar-refractivity contribution >= 4 is 37.3 Å². The van der Waals surface area contributed by atoms with Crippen molar-refractivity contribution in [2.45, 2.75) is 25.3 Å². The Morgan fingerprint density at radius 2 is 2.08 bits per heavy atom. The molecule has 3 aromatic rings. The normalized spacial score (nSPS) is 12.7. The van der Waals surface area contributed by atoms with E-state index >= 15 is 0 Å². The van der Waals surface area contributed by atoms with Crippen LogP contribution in [0, 0.1) is 13.8 Å². The smallest absolute Gasteiger partial charge is 0.283 e. The number of thiazole rings is 1. The number of hydrogen-bond donors (Lipinski definition) is 0. The lowest BCUT2D eigenvalue weighted by molar-refractivity contribution is 0.0996. The van der Waals surface area contributed by atoms with Gasteiger partial charge in [0.05, 0.1) is 20.7 Å². The van der Waals surface area contributed by atoms with Crippen molar-refractivity contribution in [2.75, 3.05) is 6.26 Å². The molecule has 1 aromatic carbocycles. The number of furan rings is 1. The van der Waals surface area contributed by atoms with Gasteiger partial charge in [0.1, 0.15) is 11.5 Å². The molecular weight excluding hydrogens is 372 g/mol. The van der Waals surface area contributed by atoms with E-state index in [0.717, 1.165) is 10.2 Å². The highest BCUT2D eigenvalue weighted by Gasteiger charge is 2.15. The predicted molar refractivity (Wildman–Crippen MR) is 101 cm³/mol. The number of carbonyl (C=O) groups is 1. The van der Waals surface area contributed by atoms with Crippen molar-refractivity contribution in [3.8, 4) is 0 Å². The quantitative estimate of drug-likeness (QED) is 0.641. The Kier molecular flexibility index (Phi) is 4.72. The van der Waals surface area contributed by atoms with Crippen molar-refractivity contribution in [1.82, 2.24) is 4.57 Å². The Hall–Kier alpha value is -2.45. The zero-order valence-electron chi connectivity index (χ0n) is 14.6. The van der Waals surface area contributed by atoms with Crippen LogP contribution in [0.2, 0.25) is 0 Å². The third-order valence-electron chi connectivity index (χ3n) is 3.86. The van der Waals surface area contributed by atoms with Crippen molar-refractivity contribution in [2.24, 2.45) is 4.99 Å². The molecular formula is C18H18N2O4S2. The maximum atomic E-state index is 12.6. The van der Waals surface area contributed by atoms with Gasteiger partial charge in [0, 0.05) is 12.8 Å². The summed E-state index contributed by atoms with van der Waals surface area (Å²) in [6, 6.07) is 6.54. The number of nitrogens with zero attached hydrogens (tertiary/aromatic N) is 2. The van der Waals surface area contributed by atoms with Crippen LogP contribution in [0.3, 0.4) is 0 Å². The molecule has 0 aliphatic rings. The topological polar surface area (TPSA) is 81.6 Å². The fourth-order valence-electron chi connectivity index (χ4n) is 2.67. The molecule has 0 saturated heterocycles. The molecule has 3 rings (SSSR count). The second-order valence-corrected chi connectivity index (χ2v) is 8.95. The van der Waals surface area contributed by atoms with Crippen LogP contribution in [0.15, 0.2) is 51.2 Å². The molecule has 0 radical (unpaired) electrons. The standard InChI is InChI=1S/C18H18N2O4S2/c1-5-8-20-15-7-6-13(26(4,22)23)10-16(15)25-18(20)19-17(21)14-9-11(2)24-12(14)3/h5-7,9-10H,1,8H2,2-4H3. The fourth-order valence-corrected chi connectivity index (χ4v) is 4.46. The molecule has 0 fully saturated rings. The molecule has 0 saturated carbocycles. The number of benzene rings is 1. The molecule has 136 valence electrons. The van der Waals surface area contributed by atoms with Crippen LogP contribution >= 0.6 is 11.3 Å². The minimum absolute atomic E-state index is 0.233. The number of amides is 1. The van der Waals surface area contributed by atoms with Gasteiger partial charge in [0.25, 0.3) is 5.91 Å². The average molecular weight is 390 g/mol. The van der Waals surface area contributed by atoms with Gasteiger partial charge in [0.2, 0.25) is 0 Å². The molecule has 0 unspecified atom stereocenters. The van der Waals surface area contributed by atoms with E-state index in [-0.39, 0.29) is 4.90 Å². The number of rotatable bonds is 4. The van der Waals surface area contributed by atoms with E-state index in [0.29, 0.717) is 28.4 Å². The monoisotopic (exact) mass is 390 g/mol. The van der Waals surface area contributed by atoms with Gasteiger partial charge >= 0.3 is 0 Å². The van der Waals surface area contributed by atoms with Crippen molar-refractivity contribution in [3.05, 3.63) is 58.8 Å². The van der Waals surface area contributed by atoms with E-state index in [4.69, 9.17) is 4.42 Å². The van der Waals surface area contributed by atoms with E-state index in [1.54, 1.807) is 44.2 Å². The third kappa shape index (κ3) is 3.42. The van der Waals surface area contributed by atoms with Gasteiger partial charge in [-0.1, -0.05) is 17.4 Å². The summed E-state index contributed by atoms with van der Waals surface area (Å²) < 4.78 is 31.5. The van der Waals surface area contributed by atoms with Gasteiger partial charge in [-0.15, -0.1) is 6.58 Å². The van der Waals surface area contributed by atoms with Gasteiger partial charge in [0.15, 0.2) is 14.6 Å². The molecule has 0 aliphatic heterocycles. The largest absolute Gasteiger partial charge is 0.466 e. The molecule has 6 nitrogen and oxygen atoms in total. The summed E-state index contributed by atoms with van der Waals surface area (Å²) in [5.74, 6) is 0.771. The number of allylic oxidation sites excluding steroid dienone is 1. The second-order valence-electron chi connectivity index (χ2n) is 5.93. The highest BCUT2D eigenvalue weighted by molar-refractivity contribution is 7.90. The van der Waals surface area contributed by atoms with Crippen LogP contribution in [-0.2, 0) is 16.4 Å². The van der Waals surface area contributed by atoms with Gasteiger partial charge < -0.3 is 8.98 Å². The lowest BCUT2D eigenvalue weighted by Gasteiger charge is -2.02. The van der Waals surface area contributed by atoms with E-state index < -0.39 is 15.7 Å². The van der Waals surface area contributed by atoms with Crippen molar-refractivity contribution < 1.29 is 17.6 Å². The molecule has 0 spiro atoms. The number of aryl methyl sites for hydroxylation is 2. The van der Waals surface area contributed by atoms with Gasteiger partial charge in [-0.2, -0.15) is 4.99 Å². The zero-order chi connectivity index (χ0) is 19.1. The Morgan fingerprint density at radius 3 is 2.65 bits per heavy atom. The number of carbonyl (C=O) groups excluding carboxylic acids is 1. The maximum Gasteiger partial charge on any atom is 0.283 e. The lowest BCUT2D eigenvalue weighted by Crippen LogP contribution is -2.16. The summed E-state index contributed by atoms with van der Waals surface area (Å²) in [6.45, 7) is 7.68. The minimum atomic E-state index is -3.31. The molecule has 0 N–H and O–H groups in total. The first-order valence-corrected chi connectivity index (χ1v) is 10.5. The molecule has 0 aliphatic carbocycles. The average Bonchev–Trinajstić information content (AvgIpc) is 3.06. The zero-order valence-corrected chi connectivity index (χ0v) is 16.3. The van der Waals surface area contributed by atoms with Gasteiger partial charge in [-0.05, 0) is 38.1 Å². The summed E-state index contributed by atoms with van der Waals surface area (Å²) in [5, 5.41) is 0. The van der Waals surface area contributed by atoms with E-state index in [1.165, 1.54) is 17.6 Å². The first-order valence-electron chi connectivity index (χ1n) is 7.81. The molecule has 8 heteroatoms. The third-order valence-corrected chi connectivity index (χ3v) is 6.01. The highest BCUT2D eigenvalue weighted by Crippen LogP contribution is 2.22. The summed E-state index contributed by atoms with van der Waals surface area (Å²) >= 11 is 1.26. The molecule has 2 heterocycles. The number of aromatic nitrogens is 1. The number of fused-ring (bicyclic) bond motifs is 1. The van der Waals surface area contributed by atoms with Crippen LogP contribution in [0.4, 0.5) is 0 Å². The van der Waals surface area contributed by atoms with Crippen LogP contribution in [-0.4, -0.2) is 25.1 Å². The molecule has 0 atom stereocenters. The van der Waals surface area contributed by atoms with E-state index in [2.05, 4.69) is 11.6 Å². The first-order chi connectivity index (χ1) is 12.2. The molecule has 26 heavy (non-hydrogen) atoms. The summed E-state index contributed by atoms with van der Waals surface area (Å²) in [4.78, 5) is 17.5. The molecule has 1 amide bonds. The van der Waals surface area contributed by atoms with Gasteiger partial charge in [-0.3, -0.25) is 4.79 Å². The minimum Gasteiger partial charge on any atom is -0.466 e. The van der Waals surface area contributed by atoms with Crippen molar-refractivity contribution in [3.63, 3.8) is 0 Å². The van der Waals surface area contributed by atoms with Crippen LogP contribution in [0.1, 0.15) is 21.9 Å².